The first-order valence-electron chi connectivity index (χ1n) is 5.12. The van der Waals surface area contributed by atoms with Gasteiger partial charge >= 0.3 is 0 Å². The zero-order valence-corrected chi connectivity index (χ0v) is 13.3. The van der Waals surface area contributed by atoms with Gasteiger partial charge in [-0.3, -0.25) is 4.72 Å². The van der Waals surface area contributed by atoms with E-state index in [2.05, 4.69) is 20.7 Å². The minimum Gasteiger partial charge on any atom is -0.280 e. The third-order valence-corrected chi connectivity index (χ3v) is 4.91. The molecule has 0 heterocycles. The maximum Gasteiger partial charge on any atom is 0.263 e. The van der Waals surface area contributed by atoms with Gasteiger partial charge in [-0.2, -0.15) is 0 Å². The second-order valence-electron chi connectivity index (χ2n) is 3.69. The Bertz CT molecular complexity index is 702. The number of sulfonamides is 1. The Kier molecular flexibility index (Phi) is 4.40. The first-order chi connectivity index (χ1) is 8.88. The molecule has 0 fully saturated rings. The van der Waals surface area contributed by atoms with Gasteiger partial charge in [-0.05, 0) is 42.5 Å². The van der Waals surface area contributed by atoms with E-state index in [-0.39, 0.29) is 9.92 Å². The van der Waals surface area contributed by atoms with Crippen LogP contribution in [-0.4, -0.2) is 8.42 Å². The van der Waals surface area contributed by atoms with E-state index >= 15 is 0 Å². The van der Waals surface area contributed by atoms with Crippen molar-refractivity contribution < 1.29 is 8.42 Å². The van der Waals surface area contributed by atoms with Crippen LogP contribution in [0.25, 0.3) is 0 Å². The van der Waals surface area contributed by atoms with Crippen LogP contribution in [0.3, 0.4) is 0 Å². The summed E-state index contributed by atoms with van der Waals surface area (Å²) < 4.78 is 27.7. The summed E-state index contributed by atoms with van der Waals surface area (Å²) in [7, 11) is -3.76. The summed E-state index contributed by atoms with van der Waals surface area (Å²) in [6.07, 6.45) is 0. The van der Waals surface area contributed by atoms with E-state index in [0.29, 0.717) is 10.7 Å². The Balaban J connectivity index is 2.37. The molecule has 0 aromatic heterocycles. The van der Waals surface area contributed by atoms with Gasteiger partial charge in [-0.15, -0.1) is 0 Å². The van der Waals surface area contributed by atoms with Crippen LogP contribution in [-0.2, 0) is 10.0 Å². The Labute approximate surface area is 129 Å². The first kappa shape index (κ1) is 14.7. The van der Waals surface area contributed by atoms with Crippen molar-refractivity contribution in [3.63, 3.8) is 0 Å². The van der Waals surface area contributed by atoms with Crippen molar-refractivity contribution in [2.75, 3.05) is 4.72 Å². The van der Waals surface area contributed by atoms with Gasteiger partial charge in [-0.25, -0.2) is 8.42 Å². The van der Waals surface area contributed by atoms with Gasteiger partial charge in [0.1, 0.15) is 4.90 Å². The number of benzene rings is 2. The minimum atomic E-state index is -3.76. The third-order valence-electron chi connectivity index (χ3n) is 2.28. The highest BCUT2D eigenvalue weighted by Crippen LogP contribution is 2.27. The van der Waals surface area contributed by atoms with Crippen LogP contribution in [0, 0.1) is 0 Å². The van der Waals surface area contributed by atoms with E-state index in [1.54, 1.807) is 24.3 Å². The molecule has 0 saturated heterocycles. The summed E-state index contributed by atoms with van der Waals surface area (Å²) in [5.41, 5.74) is 0.444. The molecule has 0 amide bonds. The van der Waals surface area contributed by atoms with Gasteiger partial charge in [0.2, 0.25) is 0 Å². The average molecular weight is 381 g/mol. The molecule has 0 spiro atoms. The Morgan fingerprint density at radius 3 is 2.26 bits per heavy atom. The average Bonchev–Trinajstić information content (AvgIpc) is 2.35. The lowest BCUT2D eigenvalue weighted by atomic mass is 10.3. The molecule has 0 aliphatic rings. The van der Waals surface area contributed by atoms with E-state index in [0.717, 1.165) is 4.47 Å². The molecule has 0 atom stereocenters. The van der Waals surface area contributed by atoms with Crippen molar-refractivity contribution in [2.24, 2.45) is 0 Å². The van der Waals surface area contributed by atoms with Crippen molar-refractivity contribution >= 4 is 54.8 Å². The van der Waals surface area contributed by atoms with E-state index in [1.165, 1.54) is 18.2 Å². The van der Waals surface area contributed by atoms with E-state index in [9.17, 15) is 8.42 Å². The van der Waals surface area contributed by atoms with Crippen LogP contribution in [0.5, 0.6) is 0 Å². The molecular weight excluding hydrogens is 373 g/mol. The van der Waals surface area contributed by atoms with E-state index in [1.807, 2.05) is 0 Å². The fourth-order valence-corrected chi connectivity index (χ4v) is 3.50. The Morgan fingerprint density at radius 2 is 1.63 bits per heavy atom. The molecule has 0 bridgehead atoms. The highest BCUT2D eigenvalue weighted by atomic mass is 79.9. The molecule has 100 valence electrons. The second kappa shape index (κ2) is 5.71. The Morgan fingerprint density at radius 1 is 1.00 bits per heavy atom. The predicted octanol–water partition coefficient (Wildman–Crippen LogP) is 4.56. The zero-order valence-electron chi connectivity index (χ0n) is 9.40. The molecule has 2 rings (SSSR count). The quantitative estimate of drug-likeness (QED) is 0.848. The molecule has 0 saturated carbocycles. The standard InChI is InChI=1S/C12H8BrCl2NO2S/c13-8-1-4-10(5-2-8)16-19(17,18)12-7-9(14)3-6-11(12)15/h1-7,16H. The van der Waals surface area contributed by atoms with Crippen molar-refractivity contribution in [3.05, 3.63) is 57.0 Å². The lowest BCUT2D eigenvalue weighted by Crippen LogP contribution is -2.13. The monoisotopic (exact) mass is 379 g/mol. The number of nitrogens with one attached hydrogen (secondary N) is 1. The summed E-state index contributed by atoms with van der Waals surface area (Å²) in [5.74, 6) is 0. The normalized spacial score (nSPS) is 11.3. The van der Waals surface area contributed by atoms with Crippen LogP contribution in [0.4, 0.5) is 5.69 Å². The molecule has 2 aromatic carbocycles. The maximum absolute atomic E-state index is 12.2. The lowest BCUT2D eigenvalue weighted by Gasteiger charge is -2.09. The molecule has 0 radical (unpaired) electrons. The van der Waals surface area contributed by atoms with Crippen molar-refractivity contribution in [2.45, 2.75) is 4.90 Å². The van der Waals surface area contributed by atoms with Crippen molar-refractivity contribution in [1.29, 1.82) is 0 Å². The van der Waals surface area contributed by atoms with Gasteiger partial charge in [0.05, 0.1) is 5.02 Å². The van der Waals surface area contributed by atoms with Crippen LogP contribution in [0.15, 0.2) is 51.8 Å². The van der Waals surface area contributed by atoms with Crippen LogP contribution in [0.2, 0.25) is 10.0 Å². The second-order valence-corrected chi connectivity index (χ2v) is 7.10. The first-order valence-corrected chi connectivity index (χ1v) is 8.15. The zero-order chi connectivity index (χ0) is 14.0. The molecule has 3 nitrogen and oxygen atoms in total. The topological polar surface area (TPSA) is 46.2 Å². The molecule has 1 N–H and O–H groups in total. The highest BCUT2D eigenvalue weighted by molar-refractivity contribution is 9.10. The van der Waals surface area contributed by atoms with Gasteiger partial charge in [-0.1, -0.05) is 39.1 Å². The molecule has 19 heavy (non-hydrogen) atoms. The maximum atomic E-state index is 12.2. The van der Waals surface area contributed by atoms with Gasteiger partial charge in [0.15, 0.2) is 0 Å². The molecule has 7 heteroatoms. The summed E-state index contributed by atoms with van der Waals surface area (Å²) in [5, 5.41) is 0.426. The van der Waals surface area contributed by atoms with Gasteiger partial charge in [0, 0.05) is 15.2 Å². The van der Waals surface area contributed by atoms with E-state index in [4.69, 9.17) is 23.2 Å². The summed E-state index contributed by atoms with van der Waals surface area (Å²) >= 11 is 15.0. The number of hydrogen-bond donors (Lipinski definition) is 1. The largest absolute Gasteiger partial charge is 0.280 e. The number of anilines is 1. The molecule has 2 aromatic rings. The fourth-order valence-electron chi connectivity index (χ4n) is 1.41. The Hall–Kier alpha value is -0.750. The minimum absolute atomic E-state index is 0.0513. The molecule has 0 aliphatic heterocycles. The lowest BCUT2D eigenvalue weighted by molar-refractivity contribution is 0.601. The summed E-state index contributed by atoms with van der Waals surface area (Å²) in [6, 6.07) is 11.0. The van der Waals surface area contributed by atoms with Crippen molar-refractivity contribution in [1.82, 2.24) is 0 Å². The van der Waals surface area contributed by atoms with Gasteiger partial charge in [0.25, 0.3) is 10.0 Å². The molecule has 0 aliphatic carbocycles. The molecule has 0 unspecified atom stereocenters. The summed E-state index contributed by atoms with van der Waals surface area (Å²) in [4.78, 5) is -0.0513. The van der Waals surface area contributed by atoms with Crippen molar-refractivity contribution in [3.8, 4) is 0 Å². The van der Waals surface area contributed by atoms with Crippen LogP contribution in [0.1, 0.15) is 0 Å². The van der Waals surface area contributed by atoms with Crippen LogP contribution >= 0.6 is 39.1 Å². The summed E-state index contributed by atoms with van der Waals surface area (Å²) in [6.45, 7) is 0. The number of hydrogen-bond acceptors (Lipinski definition) is 2. The van der Waals surface area contributed by atoms with Gasteiger partial charge < -0.3 is 0 Å². The smallest absolute Gasteiger partial charge is 0.263 e. The van der Waals surface area contributed by atoms with E-state index < -0.39 is 10.0 Å². The number of rotatable bonds is 3. The SMILES string of the molecule is O=S(=O)(Nc1ccc(Br)cc1)c1cc(Cl)ccc1Cl. The molecular formula is C12H8BrCl2NO2S. The fraction of sp³-hybridized carbons (Fsp3) is 0. The van der Waals surface area contributed by atoms with Crippen LogP contribution < -0.4 is 4.72 Å². The third kappa shape index (κ3) is 3.63. The number of halogens is 3. The highest BCUT2D eigenvalue weighted by Gasteiger charge is 2.18. The predicted molar refractivity (Wildman–Crippen MR) is 81.4 cm³/mol.